The molecule has 1 aliphatic carbocycles. The van der Waals surface area contributed by atoms with Crippen LogP contribution in [-0.4, -0.2) is 225 Å². The highest BCUT2D eigenvalue weighted by Crippen LogP contribution is 2.31. The molecule has 4 rings (SSSR count). The van der Waals surface area contributed by atoms with Crippen LogP contribution in [0.4, 0.5) is 0 Å². The standard InChI is InChI=1S/C24H42O21/c25-1-4-7(26)10(29)8(27)5(42-4)2-40-22-18(37)15(34)19(38)23(45-22)41-3-6-9(28)11(30)20(39)24(43-6)44-21-16(35)13(32)12(31)14(33)17(21)36/h4-39H,1-3H2/t4?,5-,6?,7+,8?,9+,10-,11-,12-,13?,14?,15-,16+,17?,18-,19?,20?,21-,22?,23+,24+/m1/s1. The van der Waals surface area contributed by atoms with E-state index in [4.69, 9.17) is 28.4 Å². The largest absolute Gasteiger partial charge is 0.394 e. The van der Waals surface area contributed by atoms with Gasteiger partial charge in [-0.3, -0.25) is 0 Å². The van der Waals surface area contributed by atoms with Gasteiger partial charge in [-0.25, -0.2) is 0 Å². The predicted molar refractivity (Wildman–Crippen MR) is 134 cm³/mol. The third kappa shape index (κ3) is 7.44. The Hall–Kier alpha value is -0.840. The molecule has 4 fully saturated rings. The van der Waals surface area contributed by atoms with E-state index in [0.29, 0.717) is 0 Å². The summed E-state index contributed by atoms with van der Waals surface area (Å²) in [5.41, 5.74) is 0. The van der Waals surface area contributed by atoms with E-state index >= 15 is 0 Å². The summed E-state index contributed by atoms with van der Waals surface area (Å²) in [6.07, 6.45) is -38.2. The van der Waals surface area contributed by atoms with Gasteiger partial charge in [0.15, 0.2) is 18.9 Å². The summed E-state index contributed by atoms with van der Waals surface area (Å²) in [5, 5.41) is 152. The van der Waals surface area contributed by atoms with Gasteiger partial charge < -0.3 is 105 Å². The molecule has 0 spiro atoms. The monoisotopic (exact) mass is 666 g/mol. The van der Waals surface area contributed by atoms with Crippen molar-refractivity contribution < 1.29 is 105 Å². The van der Waals surface area contributed by atoms with E-state index in [1.165, 1.54) is 0 Å². The Labute approximate surface area is 254 Å². The highest BCUT2D eigenvalue weighted by molar-refractivity contribution is 5.01. The fourth-order valence-corrected chi connectivity index (χ4v) is 5.47. The van der Waals surface area contributed by atoms with Gasteiger partial charge in [0.05, 0.1) is 19.8 Å². The lowest BCUT2D eigenvalue weighted by Gasteiger charge is -2.46. The van der Waals surface area contributed by atoms with Crippen LogP contribution < -0.4 is 0 Å². The van der Waals surface area contributed by atoms with Crippen LogP contribution in [-0.2, 0) is 28.4 Å². The predicted octanol–water partition coefficient (Wildman–Crippen LogP) is -10.4. The van der Waals surface area contributed by atoms with E-state index in [9.17, 15) is 76.6 Å². The highest BCUT2D eigenvalue weighted by Gasteiger charge is 2.53. The van der Waals surface area contributed by atoms with Gasteiger partial charge in [-0.1, -0.05) is 0 Å². The van der Waals surface area contributed by atoms with Crippen LogP contribution in [0.5, 0.6) is 0 Å². The van der Waals surface area contributed by atoms with Crippen molar-refractivity contribution in [2.24, 2.45) is 0 Å². The molecule has 0 radical (unpaired) electrons. The van der Waals surface area contributed by atoms with Crippen LogP contribution in [0.25, 0.3) is 0 Å². The fourth-order valence-electron chi connectivity index (χ4n) is 5.47. The van der Waals surface area contributed by atoms with Gasteiger partial charge in [-0.05, 0) is 0 Å². The molecule has 21 heteroatoms. The zero-order valence-corrected chi connectivity index (χ0v) is 23.4. The molecule has 264 valence electrons. The molecule has 0 bridgehead atoms. The van der Waals surface area contributed by atoms with E-state index in [2.05, 4.69) is 0 Å². The maximum Gasteiger partial charge on any atom is 0.189 e. The van der Waals surface area contributed by atoms with Crippen molar-refractivity contribution in [1.82, 2.24) is 0 Å². The Kier molecular flexibility index (Phi) is 12.5. The van der Waals surface area contributed by atoms with Crippen molar-refractivity contribution in [2.45, 2.75) is 129 Å². The Bertz CT molecular complexity index is 915. The minimum absolute atomic E-state index is 0.619. The van der Waals surface area contributed by atoms with Gasteiger partial charge in [-0.15, -0.1) is 0 Å². The van der Waals surface area contributed by atoms with Gasteiger partial charge in [0.25, 0.3) is 0 Å². The summed E-state index contributed by atoms with van der Waals surface area (Å²) in [4.78, 5) is 0. The third-order valence-corrected chi connectivity index (χ3v) is 8.40. The first kappa shape index (κ1) is 37.0. The van der Waals surface area contributed by atoms with Crippen molar-refractivity contribution in [3.63, 3.8) is 0 Å². The second-order valence-electron chi connectivity index (χ2n) is 11.4. The maximum atomic E-state index is 10.4. The Morgan fingerprint density at radius 1 is 0.356 bits per heavy atom. The molecule has 45 heavy (non-hydrogen) atoms. The average molecular weight is 667 g/mol. The van der Waals surface area contributed by atoms with E-state index in [1.54, 1.807) is 0 Å². The van der Waals surface area contributed by atoms with Crippen LogP contribution in [0, 0.1) is 0 Å². The number of hydrogen-bond acceptors (Lipinski definition) is 21. The normalized spacial score (nSPS) is 54.6. The van der Waals surface area contributed by atoms with Crippen molar-refractivity contribution in [3.05, 3.63) is 0 Å². The topological polar surface area (TPSA) is 359 Å². The molecule has 3 saturated heterocycles. The molecule has 3 heterocycles. The molecule has 0 amide bonds. The van der Waals surface area contributed by atoms with Crippen molar-refractivity contribution >= 4 is 0 Å². The second kappa shape index (κ2) is 15.1. The lowest BCUT2D eigenvalue weighted by atomic mass is 9.84. The van der Waals surface area contributed by atoms with Crippen LogP contribution in [0.3, 0.4) is 0 Å². The highest BCUT2D eigenvalue weighted by atomic mass is 16.8. The smallest absolute Gasteiger partial charge is 0.189 e. The minimum atomic E-state index is -2.01. The van der Waals surface area contributed by atoms with Gasteiger partial charge in [0.2, 0.25) is 0 Å². The van der Waals surface area contributed by atoms with E-state index < -0.39 is 149 Å². The van der Waals surface area contributed by atoms with Crippen molar-refractivity contribution in [3.8, 4) is 0 Å². The Morgan fingerprint density at radius 3 is 1.20 bits per heavy atom. The summed E-state index contributed by atoms with van der Waals surface area (Å²) < 4.78 is 32.1. The number of ether oxygens (including phenoxy) is 6. The molecular weight excluding hydrogens is 624 g/mol. The summed E-state index contributed by atoms with van der Waals surface area (Å²) in [6, 6.07) is 0. The molecule has 3 aliphatic heterocycles. The van der Waals surface area contributed by atoms with Crippen molar-refractivity contribution in [2.75, 3.05) is 19.8 Å². The SMILES string of the molecule is OCC1O[C@H](COC2O[C@H](OCC3O[C@@H](O[C@H]4C(O)C(O)[C@H](O)C(O)[C@@H]4O)C(O)[C@H](O)[C@H]3O)C(O)[C@H](O)[C@H]2O)C(O)[C@H](O)[C@H]1O. The molecule has 0 aromatic carbocycles. The fraction of sp³-hybridized carbons (Fsp3) is 1.00. The number of hydrogen-bond donors (Lipinski definition) is 15. The first-order chi connectivity index (χ1) is 21.1. The lowest BCUT2D eigenvalue weighted by molar-refractivity contribution is -0.370. The van der Waals surface area contributed by atoms with Gasteiger partial charge in [0, 0.05) is 0 Å². The molecule has 4 aliphatic rings. The van der Waals surface area contributed by atoms with Crippen molar-refractivity contribution in [1.29, 1.82) is 0 Å². The van der Waals surface area contributed by atoms with Crippen LogP contribution in [0.2, 0.25) is 0 Å². The Morgan fingerprint density at radius 2 is 0.711 bits per heavy atom. The summed E-state index contributed by atoms with van der Waals surface area (Å²) >= 11 is 0. The number of aliphatic hydroxyl groups excluding tert-OH is 15. The van der Waals surface area contributed by atoms with E-state index in [0.717, 1.165) is 0 Å². The zero-order valence-electron chi connectivity index (χ0n) is 23.4. The zero-order chi connectivity index (χ0) is 33.5. The second-order valence-corrected chi connectivity index (χ2v) is 11.4. The van der Waals surface area contributed by atoms with Gasteiger partial charge in [0.1, 0.15) is 110 Å². The molecular formula is C24H42O21. The molecule has 1 saturated carbocycles. The maximum absolute atomic E-state index is 10.4. The van der Waals surface area contributed by atoms with E-state index in [1.807, 2.05) is 0 Å². The molecule has 21 atom stereocenters. The number of aliphatic hydroxyl groups is 15. The molecule has 21 nitrogen and oxygen atoms in total. The molecule has 0 aromatic rings. The quantitative estimate of drug-likeness (QED) is 0.109. The first-order valence-corrected chi connectivity index (χ1v) is 14.1. The van der Waals surface area contributed by atoms with Crippen LogP contribution >= 0.6 is 0 Å². The van der Waals surface area contributed by atoms with Gasteiger partial charge >= 0.3 is 0 Å². The van der Waals surface area contributed by atoms with E-state index in [-0.39, 0.29) is 0 Å². The lowest BCUT2D eigenvalue weighted by Crippen LogP contribution is -2.67. The summed E-state index contributed by atoms with van der Waals surface area (Å²) in [7, 11) is 0. The summed E-state index contributed by atoms with van der Waals surface area (Å²) in [6.45, 7) is -2.10. The Balaban J connectivity index is 1.38. The third-order valence-electron chi connectivity index (χ3n) is 8.40. The molecule has 9 unspecified atom stereocenters. The minimum Gasteiger partial charge on any atom is -0.394 e. The summed E-state index contributed by atoms with van der Waals surface area (Å²) in [5.74, 6) is 0. The number of rotatable bonds is 9. The van der Waals surface area contributed by atoms with Crippen LogP contribution in [0.15, 0.2) is 0 Å². The molecule has 0 aromatic heterocycles. The average Bonchev–Trinajstić information content (AvgIpc) is 3.03. The first-order valence-electron chi connectivity index (χ1n) is 14.1. The van der Waals surface area contributed by atoms with Gasteiger partial charge in [-0.2, -0.15) is 0 Å². The molecule has 15 N–H and O–H groups in total. The van der Waals surface area contributed by atoms with Crippen LogP contribution in [0.1, 0.15) is 0 Å².